The number of imidazole rings is 1. The second-order valence-corrected chi connectivity index (χ2v) is 11.1. The van der Waals surface area contributed by atoms with Crippen molar-refractivity contribution in [2.75, 3.05) is 44.7 Å². The molecule has 1 aliphatic heterocycles. The molecule has 42 heavy (non-hydrogen) atoms. The van der Waals surface area contributed by atoms with E-state index in [1.54, 1.807) is 11.3 Å². The molecule has 1 fully saturated rings. The highest BCUT2D eigenvalue weighted by atomic mass is 32.1. The first-order valence-electron chi connectivity index (χ1n) is 13.6. The monoisotopic (exact) mass is 586 g/mol. The van der Waals surface area contributed by atoms with Crippen LogP contribution in [0.25, 0.3) is 27.6 Å². The number of nitrogens with one attached hydrogen (secondary N) is 2. The van der Waals surface area contributed by atoms with Gasteiger partial charge in [0.05, 0.1) is 25.1 Å². The van der Waals surface area contributed by atoms with Crippen LogP contribution in [-0.4, -0.2) is 80.6 Å². The molecule has 0 radical (unpaired) electrons. The van der Waals surface area contributed by atoms with Crippen LogP contribution in [0.1, 0.15) is 37.3 Å². The van der Waals surface area contributed by atoms with Crippen molar-refractivity contribution in [3.63, 3.8) is 0 Å². The van der Waals surface area contributed by atoms with Crippen LogP contribution in [0.4, 0.5) is 5.69 Å². The van der Waals surface area contributed by atoms with E-state index in [0.717, 1.165) is 49.5 Å². The lowest BCUT2D eigenvalue weighted by Gasteiger charge is -2.26. The van der Waals surface area contributed by atoms with E-state index in [0.29, 0.717) is 50.9 Å². The number of carbonyl (C=O) groups is 2. The molecule has 2 amide bonds. The molecule has 2 N–H and O–H groups in total. The summed E-state index contributed by atoms with van der Waals surface area (Å²) in [5.74, 6) is 0.456. The van der Waals surface area contributed by atoms with Crippen LogP contribution in [0, 0.1) is 20.8 Å². The normalized spacial score (nSPS) is 13.9. The van der Waals surface area contributed by atoms with Gasteiger partial charge >= 0.3 is 0 Å². The molecule has 216 valence electrons. The van der Waals surface area contributed by atoms with Crippen molar-refractivity contribution >= 4 is 34.5 Å². The van der Waals surface area contributed by atoms with Gasteiger partial charge in [-0.15, -0.1) is 11.3 Å². The highest BCUT2D eigenvalue weighted by Crippen LogP contribution is 2.29. The molecule has 1 aliphatic rings. The third-order valence-corrected chi connectivity index (χ3v) is 8.28. The van der Waals surface area contributed by atoms with Gasteiger partial charge in [0.15, 0.2) is 0 Å². The van der Waals surface area contributed by atoms with Crippen LogP contribution in [0.3, 0.4) is 0 Å². The summed E-state index contributed by atoms with van der Waals surface area (Å²) in [6.45, 7) is 10.0. The van der Waals surface area contributed by atoms with Crippen LogP contribution < -0.4 is 10.6 Å². The number of amides is 2. The number of hydrogen-bond acceptors (Lipinski definition) is 10. The molecule has 0 saturated carbocycles. The maximum atomic E-state index is 13.4. The molecule has 0 atom stereocenters. The van der Waals surface area contributed by atoms with Gasteiger partial charge in [0.2, 0.25) is 11.7 Å². The number of ether oxygens (including phenoxy) is 1. The minimum Gasteiger partial charge on any atom is -0.379 e. The lowest BCUT2D eigenvalue weighted by Crippen LogP contribution is -2.41. The van der Waals surface area contributed by atoms with E-state index < -0.39 is 0 Å². The SMILES string of the molecule is Cc1nc(-c2ccc(C)c(NC(=O)c3cnc4ccc(-c5nc(C)c(C(=O)NCCN6CCOCC6)s5)cn34)c2)no1. The third-order valence-electron chi connectivity index (χ3n) is 7.08. The fourth-order valence-corrected chi connectivity index (χ4v) is 5.71. The van der Waals surface area contributed by atoms with Gasteiger partial charge < -0.3 is 19.9 Å². The molecule has 0 aliphatic carbocycles. The molecule has 1 saturated heterocycles. The number of aromatic nitrogens is 5. The van der Waals surface area contributed by atoms with Crippen molar-refractivity contribution in [1.29, 1.82) is 0 Å². The Morgan fingerprint density at radius 1 is 1.02 bits per heavy atom. The lowest BCUT2D eigenvalue weighted by molar-refractivity contribution is 0.0383. The molecular formula is C29H30N8O4S. The van der Waals surface area contributed by atoms with Gasteiger partial charge in [-0.25, -0.2) is 9.97 Å². The Balaban J connectivity index is 1.19. The zero-order valence-corrected chi connectivity index (χ0v) is 24.3. The van der Waals surface area contributed by atoms with Crippen molar-refractivity contribution < 1.29 is 18.8 Å². The Kier molecular flexibility index (Phi) is 7.78. The van der Waals surface area contributed by atoms with E-state index in [1.165, 1.54) is 17.5 Å². The molecular weight excluding hydrogens is 556 g/mol. The van der Waals surface area contributed by atoms with Gasteiger partial charge in [0.1, 0.15) is 21.2 Å². The average Bonchev–Trinajstić information content (AvgIpc) is 3.72. The first kappa shape index (κ1) is 27.7. The van der Waals surface area contributed by atoms with Crippen LogP contribution in [-0.2, 0) is 4.74 Å². The van der Waals surface area contributed by atoms with Crippen LogP contribution in [0.5, 0.6) is 0 Å². The first-order valence-corrected chi connectivity index (χ1v) is 14.4. The minimum atomic E-state index is -0.320. The summed E-state index contributed by atoms with van der Waals surface area (Å²) < 4.78 is 12.2. The van der Waals surface area contributed by atoms with Crippen molar-refractivity contribution in [1.82, 2.24) is 34.7 Å². The number of aryl methyl sites for hydroxylation is 3. The maximum absolute atomic E-state index is 13.4. The Hall–Kier alpha value is -4.46. The smallest absolute Gasteiger partial charge is 0.274 e. The largest absolute Gasteiger partial charge is 0.379 e. The molecule has 13 heteroatoms. The summed E-state index contributed by atoms with van der Waals surface area (Å²) >= 11 is 1.33. The molecule has 4 aromatic heterocycles. The Morgan fingerprint density at radius 2 is 1.83 bits per heavy atom. The second kappa shape index (κ2) is 11.8. The second-order valence-electron chi connectivity index (χ2n) is 10.1. The molecule has 0 spiro atoms. The van der Waals surface area contributed by atoms with Gasteiger partial charge in [0, 0.05) is 56.1 Å². The Labute approximate surface area is 245 Å². The van der Waals surface area contributed by atoms with E-state index in [1.807, 2.05) is 50.4 Å². The van der Waals surface area contributed by atoms with Gasteiger partial charge in [-0.1, -0.05) is 17.3 Å². The standard InChI is InChI=1S/C29H30N8O4S/c1-17-4-5-20(26-33-19(3)41-35-26)14-22(17)34-27(38)23-15-31-24-7-6-21(16-37(23)24)29-32-18(2)25(42-29)28(39)30-8-9-36-10-12-40-13-11-36/h4-7,14-16H,8-13H2,1-3H3,(H,30,39)(H,34,38). The van der Waals surface area contributed by atoms with Crippen molar-refractivity contribution in [2.45, 2.75) is 20.8 Å². The van der Waals surface area contributed by atoms with Gasteiger partial charge in [-0.2, -0.15) is 4.98 Å². The third kappa shape index (κ3) is 5.79. The number of benzene rings is 1. The number of morpholine rings is 1. The number of pyridine rings is 1. The number of carbonyl (C=O) groups excluding carboxylic acids is 2. The zero-order chi connectivity index (χ0) is 29.2. The van der Waals surface area contributed by atoms with E-state index in [9.17, 15) is 9.59 Å². The van der Waals surface area contributed by atoms with Crippen LogP contribution in [0.15, 0.2) is 47.2 Å². The minimum absolute atomic E-state index is 0.137. The molecule has 5 aromatic rings. The van der Waals surface area contributed by atoms with E-state index in [-0.39, 0.29) is 11.8 Å². The Bertz CT molecular complexity index is 1770. The summed E-state index contributed by atoms with van der Waals surface area (Å²) in [5.41, 5.74) is 4.66. The fourth-order valence-electron chi connectivity index (χ4n) is 4.74. The molecule has 6 rings (SSSR count). The number of thiazole rings is 1. The van der Waals surface area contributed by atoms with E-state index in [4.69, 9.17) is 9.26 Å². The highest BCUT2D eigenvalue weighted by Gasteiger charge is 2.19. The molecule has 1 aromatic carbocycles. The number of hydrogen-bond donors (Lipinski definition) is 2. The van der Waals surface area contributed by atoms with Gasteiger partial charge in [-0.05, 0) is 37.6 Å². The molecule has 12 nitrogen and oxygen atoms in total. The molecule has 0 unspecified atom stereocenters. The summed E-state index contributed by atoms with van der Waals surface area (Å²) in [4.78, 5) is 42.5. The predicted octanol–water partition coefficient (Wildman–Crippen LogP) is 3.75. The quantitative estimate of drug-likeness (QED) is 0.278. The summed E-state index contributed by atoms with van der Waals surface area (Å²) in [7, 11) is 0. The lowest BCUT2D eigenvalue weighted by atomic mass is 10.1. The van der Waals surface area contributed by atoms with Gasteiger partial charge in [0.25, 0.3) is 11.8 Å². The van der Waals surface area contributed by atoms with Crippen molar-refractivity contribution in [2.24, 2.45) is 0 Å². The predicted molar refractivity (Wildman–Crippen MR) is 158 cm³/mol. The average molecular weight is 587 g/mol. The van der Waals surface area contributed by atoms with Crippen molar-refractivity contribution in [3.05, 3.63) is 70.4 Å². The first-order chi connectivity index (χ1) is 20.4. The molecule has 0 bridgehead atoms. The van der Waals surface area contributed by atoms with E-state index >= 15 is 0 Å². The highest BCUT2D eigenvalue weighted by molar-refractivity contribution is 7.17. The Morgan fingerprint density at radius 3 is 2.62 bits per heavy atom. The van der Waals surface area contributed by atoms with Crippen LogP contribution in [0.2, 0.25) is 0 Å². The van der Waals surface area contributed by atoms with Crippen LogP contribution >= 0.6 is 11.3 Å². The summed E-state index contributed by atoms with van der Waals surface area (Å²) in [6.07, 6.45) is 3.36. The number of rotatable bonds is 8. The topological polar surface area (TPSA) is 140 Å². The van der Waals surface area contributed by atoms with E-state index in [2.05, 4.69) is 35.6 Å². The summed E-state index contributed by atoms with van der Waals surface area (Å²) in [6, 6.07) is 9.31. The number of anilines is 1. The molecule has 5 heterocycles. The zero-order valence-electron chi connectivity index (χ0n) is 23.5. The fraction of sp³-hybridized carbons (Fsp3) is 0.310. The number of fused-ring (bicyclic) bond motifs is 1. The maximum Gasteiger partial charge on any atom is 0.274 e. The van der Waals surface area contributed by atoms with Crippen molar-refractivity contribution in [3.8, 4) is 22.0 Å². The van der Waals surface area contributed by atoms with Gasteiger partial charge in [-0.3, -0.25) is 18.9 Å². The number of nitrogens with zero attached hydrogens (tertiary/aromatic N) is 6. The summed E-state index contributed by atoms with van der Waals surface area (Å²) in [5, 5.41) is 10.7.